The summed E-state index contributed by atoms with van der Waals surface area (Å²) >= 11 is 0. The molecule has 0 fully saturated rings. The van der Waals surface area contributed by atoms with Crippen LogP contribution in [0.5, 0.6) is 5.75 Å². The minimum absolute atomic E-state index is 0.0361. The normalized spacial score (nSPS) is 12.3. The molecule has 6 nitrogen and oxygen atoms in total. The van der Waals surface area contributed by atoms with E-state index < -0.39 is 0 Å². The topological polar surface area (TPSA) is 71.7 Å². The highest BCUT2D eigenvalue weighted by Gasteiger charge is 2.16. The molecular formula is C20H26N4O2. The Bertz CT molecular complexity index is 887. The van der Waals surface area contributed by atoms with Crippen molar-refractivity contribution in [3.63, 3.8) is 0 Å². The van der Waals surface area contributed by atoms with Crippen molar-refractivity contribution in [1.82, 2.24) is 14.6 Å². The molecule has 1 aromatic carbocycles. The van der Waals surface area contributed by atoms with E-state index >= 15 is 0 Å². The molecule has 0 aliphatic rings. The number of hydrogen-bond acceptors (Lipinski definition) is 5. The zero-order valence-corrected chi connectivity index (χ0v) is 15.8. The number of rotatable bonds is 7. The number of methoxy groups -OCH3 is 1. The molecule has 2 aromatic heterocycles. The van der Waals surface area contributed by atoms with Crippen LogP contribution in [-0.2, 0) is 6.42 Å². The predicted molar refractivity (Wildman–Crippen MR) is 103 cm³/mol. The average Bonchev–Trinajstić information content (AvgIpc) is 2.96. The van der Waals surface area contributed by atoms with Crippen LogP contribution < -0.4 is 10.1 Å². The Hall–Kier alpha value is -2.60. The fraction of sp³-hybridized carbons (Fsp3) is 0.400. The average molecular weight is 354 g/mol. The molecule has 0 saturated carbocycles. The number of aliphatic hydroxyl groups is 1. The van der Waals surface area contributed by atoms with Gasteiger partial charge in [-0.2, -0.15) is 9.61 Å². The van der Waals surface area contributed by atoms with Crippen molar-refractivity contribution in [2.24, 2.45) is 0 Å². The van der Waals surface area contributed by atoms with Crippen molar-refractivity contribution in [1.29, 1.82) is 0 Å². The molecule has 2 heterocycles. The largest absolute Gasteiger partial charge is 0.497 e. The lowest BCUT2D eigenvalue weighted by molar-refractivity contribution is 0.280. The third-order valence-electron chi connectivity index (χ3n) is 4.73. The lowest BCUT2D eigenvalue weighted by atomic mass is 10.0. The molecule has 0 aliphatic heterocycles. The maximum absolute atomic E-state index is 9.54. The number of aliphatic hydroxyl groups excluding tert-OH is 1. The van der Waals surface area contributed by atoms with Gasteiger partial charge in [0.25, 0.3) is 0 Å². The molecule has 26 heavy (non-hydrogen) atoms. The van der Waals surface area contributed by atoms with Gasteiger partial charge in [0, 0.05) is 23.9 Å². The van der Waals surface area contributed by atoms with Crippen molar-refractivity contribution in [2.45, 2.75) is 39.7 Å². The van der Waals surface area contributed by atoms with Crippen LogP contribution in [0.3, 0.4) is 0 Å². The standard InChI is InChI=1S/C20H26N4O2/c1-5-16-12-19(24-20(21-16)13(2)14(3)23-24)22-18(10-11-25)15-6-8-17(26-4)9-7-15/h6-9,12,18,22,25H,5,10-11H2,1-4H3/t18-/m1/s1. The Morgan fingerprint density at radius 1 is 1.23 bits per heavy atom. The predicted octanol–water partition coefficient (Wildman–Crippen LogP) is 3.45. The van der Waals surface area contributed by atoms with E-state index in [-0.39, 0.29) is 12.6 Å². The van der Waals surface area contributed by atoms with Crippen molar-refractivity contribution in [3.8, 4) is 5.75 Å². The molecule has 0 amide bonds. The van der Waals surface area contributed by atoms with Crippen LogP contribution >= 0.6 is 0 Å². The highest BCUT2D eigenvalue weighted by Crippen LogP contribution is 2.26. The maximum atomic E-state index is 9.54. The lowest BCUT2D eigenvalue weighted by Gasteiger charge is -2.21. The molecule has 1 atom stereocenters. The van der Waals surface area contributed by atoms with Gasteiger partial charge >= 0.3 is 0 Å². The van der Waals surface area contributed by atoms with Crippen molar-refractivity contribution >= 4 is 11.5 Å². The summed E-state index contributed by atoms with van der Waals surface area (Å²) < 4.78 is 7.10. The molecule has 3 aromatic rings. The first-order valence-electron chi connectivity index (χ1n) is 8.94. The molecule has 0 spiro atoms. The fourth-order valence-corrected chi connectivity index (χ4v) is 3.03. The molecule has 0 radical (unpaired) electrons. The number of aromatic nitrogens is 3. The van der Waals surface area contributed by atoms with E-state index in [1.807, 2.05) is 48.7 Å². The van der Waals surface area contributed by atoms with Gasteiger partial charge in [0.2, 0.25) is 0 Å². The highest BCUT2D eigenvalue weighted by atomic mass is 16.5. The Balaban J connectivity index is 2.01. The van der Waals surface area contributed by atoms with Gasteiger partial charge in [-0.25, -0.2) is 4.98 Å². The van der Waals surface area contributed by atoms with Crippen LogP contribution in [-0.4, -0.2) is 33.4 Å². The number of nitrogens with zero attached hydrogens (tertiary/aromatic N) is 3. The van der Waals surface area contributed by atoms with Gasteiger partial charge in [-0.1, -0.05) is 19.1 Å². The minimum atomic E-state index is -0.0361. The number of benzene rings is 1. The molecular weight excluding hydrogens is 328 g/mol. The van der Waals surface area contributed by atoms with Gasteiger partial charge in [-0.05, 0) is 44.4 Å². The molecule has 0 unspecified atom stereocenters. The van der Waals surface area contributed by atoms with Gasteiger partial charge in [-0.3, -0.25) is 0 Å². The van der Waals surface area contributed by atoms with Gasteiger partial charge in [0.05, 0.1) is 18.8 Å². The SMILES string of the molecule is CCc1cc(N[C@H](CCO)c2ccc(OC)cc2)n2nc(C)c(C)c2n1. The summed E-state index contributed by atoms with van der Waals surface area (Å²) in [7, 11) is 1.65. The smallest absolute Gasteiger partial charge is 0.160 e. The van der Waals surface area contributed by atoms with Gasteiger partial charge in [0.1, 0.15) is 11.6 Å². The lowest BCUT2D eigenvalue weighted by Crippen LogP contribution is -2.16. The Kier molecular flexibility index (Phi) is 5.42. The molecule has 2 N–H and O–H groups in total. The van der Waals surface area contributed by atoms with E-state index in [0.717, 1.165) is 46.2 Å². The third-order valence-corrected chi connectivity index (χ3v) is 4.73. The first-order chi connectivity index (χ1) is 12.6. The number of anilines is 1. The van der Waals surface area contributed by atoms with Crippen molar-refractivity contribution in [2.75, 3.05) is 19.0 Å². The number of hydrogen-bond donors (Lipinski definition) is 2. The van der Waals surface area contributed by atoms with Gasteiger partial charge in [0.15, 0.2) is 5.65 Å². The van der Waals surface area contributed by atoms with Crippen molar-refractivity contribution < 1.29 is 9.84 Å². The van der Waals surface area contributed by atoms with E-state index in [1.165, 1.54) is 0 Å². The molecule has 0 bridgehead atoms. The van der Waals surface area contributed by atoms with E-state index in [1.54, 1.807) is 7.11 Å². The number of aryl methyl sites for hydroxylation is 3. The van der Waals surface area contributed by atoms with Crippen LogP contribution in [0, 0.1) is 13.8 Å². The second-order valence-electron chi connectivity index (χ2n) is 6.41. The van der Waals surface area contributed by atoms with Crippen LogP contribution in [0.1, 0.15) is 41.9 Å². The Labute approximate surface area is 153 Å². The summed E-state index contributed by atoms with van der Waals surface area (Å²) in [5.74, 6) is 1.70. The van der Waals surface area contributed by atoms with E-state index in [9.17, 15) is 5.11 Å². The van der Waals surface area contributed by atoms with E-state index in [2.05, 4.69) is 17.3 Å². The van der Waals surface area contributed by atoms with Crippen LogP contribution in [0.25, 0.3) is 5.65 Å². The molecule has 0 saturated heterocycles. The summed E-state index contributed by atoms with van der Waals surface area (Å²) in [5, 5.41) is 17.7. The van der Waals surface area contributed by atoms with E-state index in [0.29, 0.717) is 6.42 Å². The second kappa shape index (κ2) is 7.74. The Morgan fingerprint density at radius 3 is 2.58 bits per heavy atom. The van der Waals surface area contributed by atoms with Crippen LogP contribution in [0.2, 0.25) is 0 Å². The van der Waals surface area contributed by atoms with Gasteiger partial charge < -0.3 is 15.2 Å². The summed E-state index contributed by atoms with van der Waals surface area (Å²) in [6.45, 7) is 6.22. The fourth-order valence-electron chi connectivity index (χ4n) is 3.03. The minimum Gasteiger partial charge on any atom is -0.497 e. The quantitative estimate of drug-likeness (QED) is 0.680. The molecule has 3 rings (SSSR count). The summed E-state index contributed by atoms with van der Waals surface area (Å²) in [6.07, 6.45) is 1.44. The number of nitrogens with one attached hydrogen (secondary N) is 1. The van der Waals surface area contributed by atoms with Gasteiger partial charge in [-0.15, -0.1) is 0 Å². The first kappa shape index (κ1) is 18.2. The zero-order chi connectivity index (χ0) is 18.7. The van der Waals surface area contributed by atoms with Crippen molar-refractivity contribution in [3.05, 3.63) is 52.8 Å². The second-order valence-corrected chi connectivity index (χ2v) is 6.41. The molecule has 6 heteroatoms. The summed E-state index contributed by atoms with van der Waals surface area (Å²) in [4.78, 5) is 4.72. The first-order valence-corrected chi connectivity index (χ1v) is 8.94. The third kappa shape index (κ3) is 3.51. The monoisotopic (exact) mass is 354 g/mol. The zero-order valence-electron chi connectivity index (χ0n) is 15.8. The van der Waals surface area contributed by atoms with Crippen LogP contribution in [0.4, 0.5) is 5.82 Å². The maximum Gasteiger partial charge on any atom is 0.160 e. The summed E-state index contributed by atoms with van der Waals surface area (Å²) in [5.41, 5.74) is 5.04. The number of ether oxygens (including phenoxy) is 1. The van der Waals surface area contributed by atoms with Crippen LogP contribution in [0.15, 0.2) is 30.3 Å². The van der Waals surface area contributed by atoms with E-state index in [4.69, 9.17) is 9.72 Å². The number of fused-ring (bicyclic) bond motifs is 1. The Morgan fingerprint density at radius 2 is 1.96 bits per heavy atom. The highest BCUT2D eigenvalue weighted by molar-refractivity contribution is 5.56. The molecule has 0 aliphatic carbocycles. The molecule has 138 valence electrons. The summed E-state index contributed by atoms with van der Waals surface area (Å²) in [6, 6.07) is 9.90.